The Morgan fingerprint density at radius 3 is 2.54 bits per heavy atom. The second kappa shape index (κ2) is 7.79. The molecule has 26 heavy (non-hydrogen) atoms. The van der Waals surface area contributed by atoms with E-state index in [-0.39, 0.29) is 5.82 Å². The summed E-state index contributed by atoms with van der Waals surface area (Å²) in [6.45, 7) is 0. The molecule has 0 amide bonds. The van der Waals surface area contributed by atoms with Crippen LogP contribution in [0.2, 0.25) is 5.02 Å². The molecule has 132 valence electrons. The van der Waals surface area contributed by atoms with Crippen LogP contribution in [-0.2, 0) is 6.42 Å². The summed E-state index contributed by atoms with van der Waals surface area (Å²) in [7, 11) is 1.57. The zero-order chi connectivity index (χ0) is 18.5. The van der Waals surface area contributed by atoms with Crippen molar-refractivity contribution in [3.8, 4) is 5.88 Å². The standard InChI is InChI=1S/C18H17ClN6O/c1-26-16-4-2-3-14(22-16)9-11-10-15(20)23-18(21)17(11)25-24-13-7-5-12(19)6-8-13/h2-8,10H,9H2,1H3,(H4,20,21,23)/b25-24+. The molecule has 0 atom stereocenters. The highest BCUT2D eigenvalue weighted by Gasteiger charge is 2.11. The van der Waals surface area contributed by atoms with Crippen LogP contribution in [0.4, 0.5) is 23.0 Å². The van der Waals surface area contributed by atoms with E-state index in [9.17, 15) is 0 Å². The lowest BCUT2D eigenvalue weighted by atomic mass is 10.1. The Hall–Kier alpha value is -3.19. The Balaban J connectivity index is 1.95. The fourth-order valence-electron chi connectivity index (χ4n) is 2.37. The summed E-state index contributed by atoms with van der Waals surface area (Å²) < 4.78 is 5.16. The van der Waals surface area contributed by atoms with E-state index in [1.807, 2.05) is 12.1 Å². The molecule has 3 rings (SSSR count). The van der Waals surface area contributed by atoms with E-state index in [1.54, 1.807) is 43.5 Å². The van der Waals surface area contributed by atoms with E-state index in [4.69, 9.17) is 27.8 Å². The summed E-state index contributed by atoms with van der Waals surface area (Å²) in [5.74, 6) is 1.05. The third kappa shape index (κ3) is 4.25. The Morgan fingerprint density at radius 2 is 1.81 bits per heavy atom. The number of methoxy groups -OCH3 is 1. The van der Waals surface area contributed by atoms with Gasteiger partial charge in [0.15, 0.2) is 5.82 Å². The lowest BCUT2D eigenvalue weighted by molar-refractivity contribution is 0.396. The van der Waals surface area contributed by atoms with Crippen LogP contribution < -0.4 is 16.2 Å². The lowest BCUT2D eigenvalue weighted by Gasteiger charge is -2.09. The number of nitrogen functional groups attached to an aromatic ring is 2. The average molecular weight is 369 g/mol. The normalized spacial score (nSPS) is 11.0. The molecule has 0 fully saturated rings. The number of nitrogens with two attached hydrogens (primary N) is 2. The van der Waals surface area contributed by atoms with Crippen LogP contribution in [0.25, 0.3) is 0 Å². The van der Waals surface area contributed by atoms with Crippen molar-refractivity contribution in [1.29, 1.82) is 0 Å². The number of anilines is 2. The topological polar surface area (TPSA) is 112 Å². The van der Waals surface area contributed by atoms with E-state index in [1.165, 1.54) is 0 Å². The number of nitrogens with zero attached hydrogens (tertiary/aromatic N) is 4. The van der Waals surface area contributed by atoms with Crippen LogP contribution in [0.15, 0.2) is 58.8 Å². The van der Waals surface area contributed by atoms with Crippen LogP contribution in [0.5, 0.6) is 5.88 Å². The van der Waals surface area contributed by atoms with Gasteiger partial charge in [0.25, 0.3) is 0 Å². The SMILES string of the molecule is COc1cccc(Cc2cc(N)nc(N)c2/N=N/c2ccc(Cl)cc2)n1. The molecular formula is C18H17ClN6O. The highest BCUT2D eigenvalue weighted by Crippen LogP contribution is 2.31. The summed E-state index contributed by atoms with van der Waals surface area (Å²) >= 11 is 5.88. The van der Waals surface area contributed by atoms with Crippen molar-refractivity contribution in [3.05, 3.63) is 64.8 Å². The van der Waals surface area contributed by atoms with Crippen molar-refractivity contribution in [1.82, 2.24) is 9.97 Å². The maximum absolute atomic E-state index is 6.01. The highest BCUT2D eigenvalue weighted by atomic mass is 35.5. The summed E-state index contributed by atoms with van der Waals surface area (Å²) in [5, 5.41) is 9.10. The molecule has 4 N–H and O–H groups in total. The molecule has 3 aromatic rings. The molecule has 0 saturated carbocycles. The molecule has 0 aliphatic carbocycles. The highest BCUT2D eigenvalue weighted by molar-refractivity contribution is 6.30. The van der Waals surface area contributed by atoms with Crippen LogP contribution in [0.3, 0.4) is 0 Å². The average Bonchev–Trinajstić information content (AvgIpc) is 2.62. The minimum atomic E-state index is 0.209. The number of halogens is 1. The van der Waals surface area contributed by atoms with Crippen molar-refractivity contribution in [2.24, 2.45) is 10.2 Å². The number of ether oxygens (including phenoxy) is 1. The second-order valence-corrected chi connectivity index (χ2v) is 5.90. The number of azo groups is 1. The van der Waals surface area contributed by atoms with Gasteiger partial charge in [0.05, 0.1) is 12.8 Å². The van der Waals surface area contributed by atoms with Crippen LogP contribution in [0, 0.1) is 0 Å². The van der Waals surface area contributed by atoms with Crippen molar-refractivity contribution >= 4 is 34.6 Å². The predicted octanol–water partition coefficient (Wildman–Crippen LogP) is 4.31. The second-order valence-electron chi connectivity index (χ2n) is 5.46. The summed E-state index contributed by atoms with van der Waals surface area (Å²) in [6.07, 6.45) is 0.461. The molecule has 2 heterocycles. The molecule has 8 heteroatoms. The number of hydrogen-bond acceptors (Lipinski definition) is 7. The van der Waals surface area contributed by atoms with E-state index in [0.717, 1.165) is 11.3 Å². The number of pyridine rings is 2. The molecule has 1 aromatic carbocycles. The van der Waals surface area contributed by atoms with Crippen molar-refractivity contribution in [2.75, 3.05) is 18.6 Å². The van der Waals surface area contributed by atoms with E-state index >= 15 is 0 Å². The van der Waals surface area contributed by atoms with Gasteiger partial charge in [0, 0.05) is 23.2 Å². The van der Waals surface area contributed by atoms with Gasteiger partial charge in [-0.2, -0.15) is 5.11 Å². The Labute approximate surface area is 155 Å². The van der Waals surface area contributed by atoms with Crippen molar-refractivity contribution < 1.29 is 4.74 Å². The molecule has 0 bridgehead atoms. The minimum absolute atomic E-state index is 0.209. The Kier molecular flexibility index (Phi) is 5.28. The van der Waals surface area contributed by atoms with Gasteiger partial charge < -0.3 is 16.2 Å². The quantitative estimate of drug-likeness (QED) is 0.651. The van der Waals surface area contributed by atoms with Gasteiger partial charge >= 0.3 is 0 Å². The first-order valence-electron chi connectivity index (χ1n) is 7.77. The maximum Gasteiger partial charge on any atom is 0.213 e. The van der Waals surface area contributed by atoms with Crippen LogP contribution in [-0.4, -0.2) is 17.1 Å². The van der Waals surface area contributed by atoms with Gasteiger partial charge in [-0.05, 0) is 42.0 Å². The van der Waals surface area contributed by atoms with E-state index in [0.29, 0.717) is 34.5 Å². The summed E-state index contributed by atoms with van der Waals surface area (Å²) in [5.41, 5.74) is 14.5. The fraction of sp³-hybridized carbons (Fsp3) is 0.111. The van der Waals surface area contributed by atoms with Crippen molar-refractivity contribution in [2.45, 2.75) is 6.42 Å². The largest absolute Gasteiger partial charge is 0.481 e. The minimum Gasteiger partial charge on any atom is -0.481 e. The first-order chi connectivity index (χ1) is 12.5. The molecule has 0 aliphatic heterocycles. The number of hydrogen-bond donors (Lipinski definition) is 2. The third-order valence-electron chi connectivity index (χ3n) is 3.57. The van der Waals surface area contributed by atoms with Gasteiger partial charge in [-0.15, -0.1) is 5.11 Å². The molecule has 0 saturated heterocycles. The molecule has 0 radical (unpaired) electrons. The van der Waals surface area contributed by atoms with E-state index < -0.39 is 0 Å². The number of aromatic nitrogens is 2. The fourth-order valence-corrected chi connectivity index (χ4v) is 2.49. The Bertz CT molecular complexity index is 943. The first-order valence-corrected chi connectivity index (χ1v) is 8.15. The van der Waals surface area contributed by atoms with Gasteiger partial charge in [-0.3, -0.25) is 0 Å². The van der Waals surface area contributed by atoms with E-state index in [2.05, 4.69) is 20.2 Å². The summed E-state index contributed by atoms with van der Waals surface area (Å²) in [4.78, 5) is 8.48. The molecular weight excluding hydrogens is 352 g/mol. The first kappa shape index (κ1) is 17.6. The number of benzene rings is 1. The molecule has 0 spiro atoms. The zero-order valence-electron chi connectivity index (χ0n) is 14.1. The summed E-state index contributed by atoms with van der Waals surface area (Å²) in [6, 6.07) is 14.2. The molecule has 0 aliphatic rings. The Morgan fingerprint density at radius 1 is 1.04 bits per heavy atom. The lowest BCUT2D eigenvalue weighted by Crippen LogP contribution is -2.02. The molecule has 2 aromatic heterocycles. The predicted molar refractivity (Wildman–Crippen MR) is 102 cm³/mol. The monoisotopic (exact) mass is 368 g/mol. The van der Waals surface area contributed by atoms with Crippen molar-refractivity contribution in [3.63, 3.8) is 0 Å². The smallest absolute Gasteiger partial charge is 0.213 e. The zero-order valence-corrected chi connectivity index (χ0v) is 14.8. The maximum atomic E-state index is 6.01. The van der Waals surface area contributed by atoms with Gasteiger partial charge in [0.1, 0.15) is 11.5 Å². The van der Waals surface area contributed by atoms with Gasteiger partial charge in [-0.1, -0.05) is 17.7 Å². The molecule has 7 nitrogen and oxygen atoms in total. The number of rotatable bonds is 5. The van der Waals surface area contributed by atoms with Crippen LogP contribution >= 0.6 is 11.6 Å². The third-order valence-corrected chi connectivity index (χ3v) is 3.82. The van der Waals surface area contributed by atoms with Gasteiger partial charge in [-0.25, -0.2) is 9.97 Å². The molecule has 0 unspecified atom stereocenters. The van der Waals surface area contributed by atoms with Gasteiger partial charge in [0.2, 0.25) is 5.88 Å². The van der Waals surface area contributed by atoms with Crippen LogP contribution in [0.1, 0.15) is 11.3 Å².